The van der Waals surface area contributed by atoms with Gasteiger partial charge in [0, 0.05) is 0 Å². The molecule has 0 unspecified atom stereocenters. The van der Waals surface area contributed by atoms with Crippen LogP contribution in [0.15, 0.2) is 53.4 Å². The molecule has 7 nitrogen and oxygen atoms in total. The first-order chi connectivity index (χ1) is 10.6. The number of hydrogen-bond donors (Lipinski definition) is 3. The first-order valence-electron chi connectivity index (χ1n) is 6.22. The molecule has 0 fully saturated rings. The number of aryl methyl sites for hydroxylation is 1. The highest BCUT2D eigenvalue weighted by Crippen LogP contribution is 2.11. The van der Waals surface area contributed by atoms with Gasteiger partial charge in [0.1, 0.15) is 0 Å². The lowest BCUT2D eigenvalue weighted by Crippen LogP contribution is -2.03. The average molecular weight is 338 g/mol. The topological polar surface area (TPSA) is 129 Å². The highest BCUT2D eigenvalue weighted by Gasteiger charge is 2.10. The van der Waals surface area contributed by atoms with Gasteiger partial charge in [0.25, 0.3) is 10.1 Å². The Morgan fingerprint density at radius 2 is 1.48 bits per heavy atom. The van der Waals surface area contributed by atoms with Crippen molar-refractivity contribution in [3.05, 3.63) is 65.2 Å². The lowest BCUT2D eigenvalue weighted by atomic mass is 10.1. The largest absolute Gasteiger partial charge is 0.478 e. The van der Waals surface area contributed by atoms with Crippen LogP contribution >= 0.6 is 0 Å². The van der Waals surface area contributed by atoms with Gasteiger partial charge >= 0.3 is 11.9 Å². The number of carboxylic acid groups (broad SMARTS) is 2. The third-order valence-corrected chi connectivity index (χ3v) is 3.62. The minimum atomic E-state index is -4.00. The third-order valence-electron chi connectivity index (χ3n) is 2.76. The van der Waals surface area contributed by atoms with E-state index in [4.69, 9.17) is 14.8 Å². The van der Waals surface area contributed by atoms with Gasteiger partial charge in [0.05, 0.1) is 16.0 Å². The maximum atomic E-state index is 10.6. The number of carboxylic acids is 2. The van der Waals surface area contributed by atoms with Crippen LogP contribution in [0.25, 0.3) is 0 Å². The molecule has 0 aliphatic carbocycles. The Bertz CT molecular complexity index is 811. The van der Waals surface area contributed by atoms with Gasteiger partial charge in [-0.1, -0.05) is 24.3 Å². The van der Waals surface area contributed by atoms with E-state index in [0.717, 1.165) is 6.07 Å². The monoisotopic (exact) mass is 338 g/mol. The van der Waals surface area contributed by atoms with Crippen LogP contribution in [-0.2, 0) is 10.1 Å². The minimum absolute atomic E-state index is 0.0111. The smallest absolute Gasteiger partial charge is 0.335 e. The van der Waals surface area contributed by atoms with Gasteiger partial charge < -0.3 is 10.2 Å². The van der Waals surface area contributed by atoms with E-state index < -0.39 is 22.1 Å². The second-order valence-corrected chi connectivity index (χ2v) is 5.85. The number of aromatic carboxylic acids is 2. The number of rotatable bonds is 3. The van der Waals surface area contributed by atoms with Gasteiger partial charge in [0.2, 0.25) is 0 Å². The molecule has 8 heteroatoms. The normalized spacial score (nSPS) is 10.3. The molecular formula is C15H14O7S. The Balaban J connectivity index is 0.000000238. The predicted octanol–water partition coefficient (Wildman–Crippen LogP) is 2.32. The highest BCUT2D eigenvalue weighted by molar-refractivity contribution is 7.85. The second kappa shape index (κ2) is 7.52. The average Bonchev–Trinajstić information content (AvgIpc) is 2.48. The summed E-state index contributed by atoms with van der Waals surface area (Å²) < 4.78 is 29.2. The van der Waals surface area contributed by atoms with Crippen LogP contribution < -0.4 is 0 Å². The van der Waals surface area contributed by atoms with E-state index in [0.29, 0.717) is 5.56 Å². The van der Waals surface area contributed by atoms with Crippen molar-refractivity contribution >= 4 is 22.1 Å². The summed E-state index contributed by atoms with van der Waals surface area (Å²) in [6.45, 7) is 1.62. The van der Waals surface area contributed by atoms with Gasteiger partial charge in [-0.3, -0.25) is 4.55 Å². The second-order valence-electron chi connectivity index (χ2n) is 4.43. The minimum Gasteiger partial charge on any atom is -0.478 e. The number of carbonyl (C=O) groups is 2. The summed E-state index contributed by atoms with van der Waals surface area (Å²) in [5, 5.41) is 17.3. The first kappa shape index (κ1) is 18.3. The summed E-state index contributed by atoms with van der Waals surface area (Å²) in [6.07, 6.45) is 0. The van der Waals surface area contributed by atoms with Gasteiger partial charge in [-0.05, 0) is 36.8 Å². The van der Waals surface area contributed by atoms with Gasteiger partial charge in [-0.25, -0.2) is 9.59 Å². The molecule has 0 aliphatic heterocycles. The maximum absolute atomic E-state index is 10.6. The molecule has 122 valence electrons. The molecule has 0 heterocycles. The van der Waals surface area contributed by atoms with Crippen LogP contribution in [0, 0.1) is 6.92 Å². The first-order valence-corrected chi connectivity index (χ1v) is 7.66. The summed E-state index contributed by atoms with van der Waals surface area (Å²) in [6, 6.07) is 11.4. The Kier molecular flexibility index (Phi) is 6.00. The van der Waals surface area contributed by atoms with Crippen LogP contribution in [0.1, 0.15) is 26.3 Å². The van der Waals surface area contributed by atoms with Crippen molar-refractivity contribution in [2.24, 2.45) is 0 Å². The molecule has 0 spiro atoms. The molecule has 0 atom stereocenters. The van der Waals surface area contributed by atoms with Gasteiger partial charge in [-0.2, -0.15) is 8.42 Å². The lowest BCUT2D eigenvalue weighted by molar-refractivity contribution is 0.0695. The zero-order valence-electron chi connectivity index (χ0n) is 12.0. The Morgan fingerprint density at radius 3 is 1.87 bits per heavy atom. The Labute approximate surface area is 132 Å². The van der Waals surface area contributed by atoms with Gasteiger partial charge in [-0.15, -0.1) is 0 Å². The molecule has 2 aromatic carbocycles. The summed E-state index contributed by atoms with van der Waals surface area (Å²) in [4.78, 5) is 21.0. The summed E-state index contributed by atoms with van der Waals surface area (Å²) in [5.41, 5.74) is 0.570. The molecule has 0 aliphatic rings. The molecule has 2 aromatic rings. The van der Waals surface area contributed by atoms with Crippen LogP contribution in [-0.4, -0.2) is 35.1 Å². The SMILES string of the molecule is Cc1ccc(C(=O)O)cc1C(=O)O.O=S(=O)(O)c1ccccc1. The van der Waals surface area contributed by atoms with Crippen molar-refractivity contribution in [3.63, 3.8) is 0 Å². The van der Waals surface area contributed by atoms with Crippen LogP contribution in [0.5, 0.6) is 0 Å². The van der Waals surface area contributed by atoms with Crippen molar-refractivity contribution in [2.45, 2.75) is 11.8 Å². The Morgan fingerprint density at radius 1 is 0.913 bits per heavy atom. The molecule has 0 saturated carbocycles. The standard InChI is InChI=1S/C9H8O4.C6H6O3S/c1-5-2-3-6(8(10)11)4-7(5)9(12)13;7-10(8,9)6-4-2-1-3-5-6/h2-4H,1H3,(H,10,11)(H,12,13);1-5H,(H,7,8,9). The maximum Gasteiger partial charge on any atom is 0.335 e. The molecule has 2 rings (SSSR count). The zero-order chi connectivity index (χ0) is 17.6. The number of benzene rings is 2. The van der Waals surface area contributed by atoms with E-state index in [1.807, 2.05) is 0 Å². The van der Waals surface area contributed by atoms with E-state index in [-0.39, 0.29) is 16.0 Å². The quantitative estimate of drug-likeness (QED) is 0.732. The zero-order valence-corrected chi connectivity index (χ0v) is 12.8. The fourth-order valence-corrected chi connectivity index (χ4v) is 2.08. The van der Waals surface area contributed by atoms with E-state index in [1.165, 1.54) is 24.3 Å². The molecule has 0 bridgehead atoms. The Hall–Kier alpha value is -2.71. The van der Waals surface area contributed by atoms with Crippen molar-refractivity contribution in [2.75, 3.05) is 0 Å². The van der Waals surface area contributed by atoms with E-state index in [1.54, 1.807) is 25.1 Å². The fourth-order valence-electron chi connectivity index (χ4n) is 1.58. The predicted molar refractivity (Wildman–Crippen MR) is 81.4 cm³/mol. The van der Waals surface area contributed by atoms with Crippen LogP contribution in [0.3, 0.4) is 0 Å². The van der Waals surface area contributed by atoms with Crippen molar-refractivity contribution in [3.8, 4) is 0 Å². The van der Waals surface area contributed by atoms with Crippen LogP contribution in [0.2, 0.25) is 0 Å². The lowest BCUT2D eigenvalue weighted by Gasteiger charge is -2.01. The summed E-state index contributed by atoms with van der Waals surface area (Å²) in [5.74, 6) is -2.23. The van der Waals surface area contributed by atoms with E-state index in [9.17, 15) is 18.0 Å². The van der Waals surface area contributed by atoms with Gasteiger partial charge in [0.15, 0.2) is 0 Å². The molecule has 23 heavy (non-hydrogen) atoms. The molecule has 0 saturated heterocycles. The third kappa shape index (κ3) is 5.53. The fraction of sp³-hybridized carbons (Fsp3) is 0.0667. The summed E-state index contributed by atoms with van der Waals surface area (Å²) in [7, 11) is -4.00. The molecule has 3 N–H and O–H groups in total. The molecule has 0 radical (unpaired) electrons. The van der Waals surface area contributed by atoms with Crippen molar-refractivity contribution in [1.82, 2.24) is 0 Å². The van der Waals surface area contributed by atoms with E-state index in [2.05, 4.69) is 0 Å². The van der Waals surface area contributed by atoms with Crippen molar-refractivity contribution in [1.29, 1.82) is 0 Å². The highest BCUT2D eigenvalue weighted by atomic mass is 32.2. The molecular weight excluding hydrogens is 324 g/mol. The molecule has 0 aromatic heterocycles. The van der Waals surface area contributed by atoms with Crippen LogP contribution in [0.4, 0.5) is 0 Å². The van der Waals surface area contributed by atoms with E-state index >= 15 is 0 Å². The summed E-state index contributed by atoms with van der Waals surface area (Å²) >= 11 is 0. The van der Waals surface area contributed by atoms with Crippen molar-refractivity contribution < 1.29 is 32.8 Å². The molecule has 0 amide bonds. The number of hydrogen-bond acceptors (Lipinski definition) is 4.